The minimum Gasteiger partial charge on any atom is -0.496 e. The molecule has 0 saturated carbocycles. The van der Waals surface area contributed by atoms with Gasteiger partial charge in [0.1, 0.15) is 11.8 Å². The lowest BCUT2D eigenvalue weighted by Gasteiger charge is -2.45. The highest BCUT2D eigenvalue weighted by Gasteiger charge is 2.55. The van der Waals surface area contributed by atoms with Gasteiger partial charge in [-0.3, -0.25) is 4.90 Å². The van der Waals surface area contributed by atoms with Crippen molar-refractivity contribution in [3.05, 3.63) is 52.7 Å². The molecule has 0 radical (unpaired) electrons. The van der Waals surface area contributed by atoms with Gasteiger partial charge in [0.25, 0.3) is 0 Å². The summed E-state index contributed by atoms with van der Waals surface area (Å²) in [6.45, 7) is 4.27. The Morgan fingerprint density at radius 3 is 2.56 bits per heavy atom. The second-order valence-corrected chi connectivity index (χ2v) is 6.77. The average molecular weight is 359 g/mol. The molecule has 0 fully saturated rings. The molecule has 1 aromatic rings. The second kappa shape index (κ2) is 7.16. The quantitative estimate of drug-likeness (QED) is 0.887. The SMILES string of the molecule is CCN1CC=C2C(C#N)=C(N)C(C#N)(C#N)[C@H](c3ccccc3OC)[C@H]2C1. The van der Waals surface area contributed by atoms with E-state index in [1.807, 2.05) is 30.3 Å². The van der Waals surface area contributed by atoms with Crippen molar-refractivity contribution in [2.45, 2.75) is 12.8 Å². The zero-order valence-electron chi connectivity index (χ0n) is 15.4. The monoisotopic (exact) mass is 359 g/mol. The molecule has 0 saturated heterocycles. The highest BCUT2D eigenvalue weighted by molar-refractivity contribution is 5.60. The summed E-state index contributed by atoms with van der Waals surface area (Å²) < 4.78 is 5.53. The van der Waals surface area contributed by atoms with Crippen molar-refractivity contribution in [3.63, 3.8) is 0 Å². The normalized spacial score (nSPS) is 24.0. The number of allylic oxidation sites excluding steroid dienone is 2. The lowest BCUT2D eigenvalue weighted by Crippen LogP contribution is -2.48. The van der Waals surface area contributed by atoms with Gasteiger partial charge >= 0.3 is 0 Å². The number of benzene rings is 1. The molecule has 1 aromatic carbocycles. The molecular weight excluding hydrogens is 338 g/mol. The summed E-state index contributed by atoms with van der Waals surface area (Å²) in [5.41, 5.74) is 6.57. The summed E-state index contributed by atoms with van der Waals surface area (Å²) in [6.07, 6.45) is 2.00. The summed E-state index contributed by atoms with van der Waals surface area (Å²) >= 11 is 0. The maximum atomic E-state index is 10.1. The van der Waals surface area contributed by atoms with Crippen LogP contribution in [0.5, 0.6) is 5.75 Å². The van der Waals surface area contributed by atoms with E-state index in [9.17, 15) is 15.8 Å². The molecule has 1 aliphatic carbocycles. The predicted molar refractivity (Wildman–Crippen MR) is 99.9 cm³/mol. The Kier molecular flexibility index (Phi) is 4.91. The molecule has 1 aliphatic heterocycles. The van der Waals surface area contributed by atoms with Gasteiger partial charge in [0.2, 0.25) is 0 Å². The van der Waals surface area contributed by atoms with Crippen LogP contribution in [0.3, 0.4) is 0 Å². The van der Waals surface area contributed by atoms with Crippen molar-refractivity contribution < 1.29 is 4.74 Å². The van der Waals surface area contributed by atoms with Gasteiger partial charge in [0.15, 0.2) is 5.41 Å². The number of hydrogen-bond donors (Lipinski definition) is 1. The van der Waals surface area contributed by atoms with Crippen molar-refractivity contribution in [1.82, 2.24) is 4.90 Å². The standard InChI is InChI=1S/C21H21N5O/c1-3-26-9-8-14-16(10-22)20(25)21(12-23,13-24)19(17(14)11-26)15-6-4-5-7-18(15)27-2/h4-8,17,19H,3,9,11,25H2,1-2H3/t17-,19+/m0/s1. The minimum absolute atomic E-state index is 0.0401. The Labute approximate surface area is 159 Å². The van der Waals surface area contributed by atoms with Crippen LogP contribution in [0.2, 0.25) is 0 Å². The number of nitriles is 3. The van der Waals surface area contributed by atoms with E-state index in [-0.39, 0.29) is 17.2 Å². The molecule has 0 amide bonds. The number of methoxy groups -OCH3 is 1. The largest absolute Gasteiger partial charge is 0.496 e. The molecule has 0 bridgehead atoms. The van der Waals surface area contributed by atoms with Gasteiger partial charge in [-0.2, -0.15) is 15.8 Å². The van der Waals surface area contributed by atoms with Crippen molar-refractivity contribution in [2.75, 3.05) is 26.7 Å². The lowest BCUT2D eigenvalue weighted by atomic mass is 9.58. The zero-order chi connectivity index (χ0) is 19.6. The first-order valence-electron chi connectivity index (χ1n) is 8.86. The third-order valence-electron chi connectivity index (χ3n) is 5.66. The van der Waals surface area contributed by atoms with Crippen LogP contribution in [-0.4, -0.2) is 31.6 Å². The number of nitrogens with two attached hydrogens (primary N) is 1. The number of para-hydroxylation sites is 1. The van der Waals surface area contributed by atoms with Gasteiger partial charge in [0, 0.05) is 30.5 Å². The van der Waals surface area contributed by atoms with Crippen LogP contribution in [0, 0.1) is 45.3 Å². The number of rotatable bonds is 3. The fourth-order valence-electron chi connectivity index (χ4n) is 4.27. The first-order chi connectivity index (χ1) is 13.1. The third-order valence-corrected chi connectivity index (χ3v) is 5.66. The molecule has 2 aliphatic rings. The lowest BCUT2D eigenvalue weighted by molar-refractivity contribution is 0.212. The Morgan fingerprint density at radius 2 is 1.96 bits per heavy atom. The number of fused-ring (bicyclic) bond motifs is 1. The summed E-state index contributed by atoms with van der Waals surface area (Å²) in [5, 5.41) is 29.8. The Morgan fingerprint density at radius 1 is 1.26 bits per heavy atom. The van der Waals surface area contributed by atoms with Gasteiger partial charge in [-0.1, -0.05) is 31.2 Å². The molecule has 3 rings (SSSR count). The minimum atomic E-state index is -1.63. The van der Waals surface area contributed by atoms with E-state index in [4.69, 9.17) is 10.5 Å². The summed E-state index contributed by atoms with van der Waals surface area (Å²) in [5.74, 6) is -0.115. The van der Waals surface area contributed by atoms with Crippen LogP contribution in [0.4, 0.5) is 0 Å². The molecule has 27 heavy (non-hydrogen) atoms. The van der Waals surface area contributed by atoms with Crippen LogP contribution < -0.4 is 10.5 Å². The van der Waals surface area contributed by atoms with Crippen LogP contribution in [0.1, 0.15) is 18.4 Å². The summed E-state index contributed by atoms with van der Waals surface area (Å²) in [6, 6.07) is 13.8. The fraction of sp³-hybridized carbons (Fsp3) is 0.381. The predicted octanol–water partition coefficient (Wildman–Crippen LogP) is 2.44. The molecule has 0 aromatic heterocycles. The van der Waals surface area contributed by atoms with Crippen molar-refractivity contribution >= 4 is 0 Å². The van der Waals surface area contributed by atoms with Crippen LogP contribution in [0.25, 0.3) is 0 Å². The number of likely N-dealkylation sites (N-methyl/N-ethyl adjacent to an activating group) is 1. The molecule has 2 atom stereocenters. The highest BCUT2D eigenvalue weighted by Crippen LogP contribution is 2.55. The van der Waals surface area contributed by atoms with Crippen molar-refractivity contribution in [3.8, 4) is 24.0 Å². The maximum absolute atomic E-state index is 10.1. The second-order valence-electron chi connectivity index (χ2n) is 6.77. The highest BCUT2D eigenvalue weighted by atomic mass is 16.5. The Hall–Kier alpha value is -3.27. The third kappa shape index (κ3) is 2.65. The summed E-state index contributed by atoms with van der Waals surface area (Å²) in [7, 11) is 1.57. The first kappa shape index (κ1) is 18.5. The van der Waals surface area contributed by atoms with Gasteiger partial charge in [0.05, 0.1) is 30.5 Å². The molecule has 0 spiro atoms. The number of nitrogens with zero attached hydrogens (tertiary/aromatic N) is 4. The number of hydrogen-bond acceptors (Lipinski definition) is 6. The van der Waals surface area contributed by atoms with Crippen LogP contribution >= 0.6 is 0 Å². The molecule has 6 nitrogen and oxygen atoms in total. The van der Waals surface area contributed by atoms with Crippen LogP contribution in [-0.2, 0) is 0 Å². The van der Waals surface area contributed by atoms with Gasteiger partial charge < -0.3 is 10.5 Å². The van der Waals surface area contributed by atoms with E-state index in [1.54, 1.807) is 7.11 Å². The van der Waals surface area contributed by atoms with E-state index in [0.29, 0.717) is 18.8 Å². The van der Waals surface area contributed by atoms with Crippen molar-refractivity contribution in [2.24, 2.45) is 17.1 Å². The molecule has 6 heteroatoms. The van der Waals surface area contributed by atoms with E-state index in [1.165, 1.54) is 0 Å². The molecule has 1 heterocycles. The van der Waals surface area contributed by atoms with Crippen LogP contribution in [0.15, 0.2) is 47.2 Å². The topological polar surface area (TPSA) is 110 Å². The Bertz CT molecular complexity index is 927. The number of ether oxygens (including phenoxy) is 1. The van der Waals surface area contributed by atoms with E-state index >= 15 is 0 Å². The maximum Gasteiger partial charge on any atom is 0.191 e. The fourth-order valence-corrected chi connectivity index (χ4v) is 4.27. The zero-order valence-corrected chi connectivity index (χ0v) is 15.4. The van der Waals surface area contributed by atoms with E-state index in [2.05, 4.69) is 30.0 Å². The Balaban J connectivity index is 2.35. The average Bonchev–Trinajstić information content (AvgIpc) is 2.72. The van der Waals surface area contributed by atoms with E-state index < -0.39 is 11.3 Å². The molecule has 0 unspecified atom stereocenters. The van der Waals surface area contributed by atoms with Crippen molar-refractivity contribution in [1.29, 1.82) is 15.8 Å². The summed E-state index contributed by atoms with van der Waals surface area (Å²) in [4.78, 5) is 2.23. The molecular formula is C21H21N5O. The molecule has 136 valence electrons. The van der Waals surface area contributed by atoms with Gasteiger partial charge in [-0.05, 0) is 18.2 Å². The van der Waals surface area contributed by atoms with Gasteiger partial charge in [-0.15, -0.1) is 0 Å². The van der Waals surface area contributed by atoms with E-state index in [0.717, 1.165) is 17.7 Å². The smallest absolute Gasteiger partial charge is 0.191 e. The molecule has 2 N–H and O–H groups in total. The first-order valence-corrected chi connectivity index (χ1v) is 8.86. The van der Waals surface area contributed by atoms with Gasteiger partial charge in [-0.25, -0.2) is 0 Å².